The van der Waals surface area contributed by atoms with Gasteiger partial charge in [-0.1, -0.05) is 19.1 Å². The van der Waals surface area contributed by atoms with Crippen LogP contribution in [-0.2, 0) is 10.8 Å². The van der Waals surface area contributed by atoms with Crippen LogP contribution in [0.2, 0.25) is 0 Å². The molecule has 0 spiro atoms. The predicted octanol–water partition coefficient (Wildman–Crippen LogP) is 3.54. The Bertz CT molecular complexity index is 650. The molecule has 2 aromatic carbocycles. The third kappa shape index (κ3) is 3.42. The Morgan fingerprint density at radius 1 is 1.09 bits per heavy atom. The van der Waals surface area contributed by atoms with Crippen LogP contribution in [0.5, 0.6) is 11.5 Å². The van der Waals surface area contributed by atoms with E-state index in [9.17, 15) is 4.21 Å². The van der Waals surface area contributed by atoms with Gasteiger partial charge in [-0.05, 0) is 36.2 Å². The second kappa shape index (κ2) is 7.31. The van der Waals surface area contributed by atoms with Crippen molar-refractivity contribution in [2.45, 2.75) is 23.5 Å². The predicted molar refractivity (Wildman–Crippen MR) is 89.8 cm³/mol. The highest BCUT2D eigenvalue weighted by Gasteiger charge is 2.21. The van der Waals surface area contributed by atoms with Crippen LogP contribution in [0.4, 0.5) is 5.69 Å². The third-order valence-corrected chi connectivity index (χ3v) is 5.44. The molecule has 0 saturated carbocycles. The molecule has 5 heteroatoms. The lowest BCUT2D eigenvalue weighted by Gasteiger charge is -2.18. The van der Waals surface area contributed by atoms with E-state index in [4.69, 9.17) is 15.2 Å². The van der Waals surface area contributed by atoms with Crippen LogP contribution in [0.25, 0.3) is 0 Å². The van der Waals surface area contributed by atoms with Crippen molar-refractivity contribution in [3.63, 3.8) is 0 Å². The minimum absolute atomic E-state index is 0.173. The second-order valence-corrected chi connectivity index (χ2v) is 6.48. The summed E-state index contributed by atoms with van der Waals surface area (Å²) >= 11 is 0. The zero-order chi connectivity index (χ0) is 16.1. The standard InChI is InChI=1S/C17H21NO3S/c1-4-16(22(19)17-8-6-5-7-15(17)18)12-9-13(20-2)11-14(10-12)21-3/h5-11,16H,4,18H2,1-3H3/t16-,22+/m1/s1. The molecule has 0 aliphatic rings. The van der Waals surface area contributed by atoms with Gasteiger partial charge in [-0.3, -0.25) is 4.21 Å². The number of nitrogens with two attached hydrogens (primary N) is 1. The third-order valence-electron chi connectivity index (χ3n) is 3.51. The summed E-state index contributed by atoms with van der Waals surface area (Å²) in [6, 6.07) is 12.9. The van der Waals surface area contributed by atoms with E-state index in [1.165, 1.54) is 0 Å². The smallest absolute Gasteiger partial charge is 0.122 e. The van der Waals surface area contributed by atoms with Gasteiger partial charge in [-0.2, -0.15) is 0 Å². The highest BCUT2D eigenvalue weighted by atomic mass is 32.2. The lowest BCUT2D eigenvalue weighted by molar-refractivity contribution is 0.393. The van der Waals surface area contributed by atoms with Crippen LogP contribution in [0.3, 0.4) is 0 Å². The number of benzene rings is 2. The Morgan fingerprint density at radius 2 is 1.68 bits per heavy atom. The maximum absolute atomic E-state index is 12.9. The number of ether oxygens (including phenoxy) is 2. The van der Waals surface area contributed by atoms with Crippen LogP contribution in [0.1, 0.15) is 24.2 Å². The minimum Gasteiger partial charge on any atom is -0.497 e. The summed E-state index contributed by atoms with van der Waals surface area (Å²) < 4.78 is 23.5. The number of anilines is 1. The number of rotatable bonds is 6. The molecule has 0 aromatic heterocycles. The van der Waals surface area contributed by atoms with Crippen molar-refractivity contribution in [2.24, 2.45) is 0 Å². The van der Waals surface area contributed by atoms with Crippen molar-refractivity contribution in [2.75, 3.05) is 20.0 Å². The number of para-hydroxylation sites is 1. The van der Waals surface area contributed by atoms with Gasteiger partial charge in [0.05, 0.1) is 35.2 Å². The first-order valence-corrected chi connectivity index (χ1v) is 8.30. The fraction of sp³-hybridized carbons (Fsp3) is 0.294. The topological polar surface area (TPSA) is 61.5 Å². The normalized spacial score (nSPS) is 13.4. The van der Waals surface area contributed by atoms with Crippen LogP contribution < -0.4 is 15.2 Å². The molecule has 0 fully saturated rings. The molecule has 2 rings (SSSR count). The van der Waals surface area contributed by atoms with Gasteiger partial charge in [0.15, 0.2) is 0 Å². The lowest BCUT2D eigenvalue weighted by Crippen LogP contribution is -2.08. The van der Waals surface area contributed by atoms with E-state index < -0.39 is 10.8 Å². The van der Waals surface area contributed by atoms with Gasteiger partial charge in [0.25, 0.3) is 0 Å². The van der Waals surface area contributed by atoms with Gasteiger partial charge in [0, 0.05) is 11.8 Å². The minimum atomic E-state index is -1.24. The first kappa shape index (κ1) is 16.4. The molecule has 2 atom stereocenters. The second-order valence-electron chi connectivity index (χ2n) is 4.88. The molecule has 4 nitrogen and oxygen atoms in total. The summed E-state index contributed by atoms with van der Waals surface area (Å²) in [4.78, 5) is 0.663. The molecular formula is C17H21NO3S. The lowest BCUT2D eigenvalue weighted by atomic mass is 10.1. The van der Waals surface area contributed by atoms with Crippen LogP contribution in [-0.4, -0.2) is 18.4 Å². The SMILES string of the molecule is CC[C@H](c1cc(OC)cc(OC)c1)[S@](=O)c1ccccc1N. The molecule has 22 heavy (non-hydrogen) atoms. The van der Waals surface area contributed by atoms with Crippen molar-refractivity contribution in [1.82, 2.24) is 0 Å². The van der Waals surface area contributed by atoms with Crippen molar-refractivity contribution in [1.29, 1.82) is 0 Å². The molecule has 2 N–H and O–H groups in total. The zero-order valence-electron chi connectivity index (χ0n) is 13.0. The number of hydrogen-bond acceptors (Lipinski definition) is 4. The van der Waals surface area contributed by atoms with Gasteiger partial charge in [0.1, 0.15) is 11.5 Å². The zero-order valence-corrected chi connectivity index (χ0v) is 13.9. The highest BCUT2D eigenvalue weighted by Crippen LogP contribution is 2.34. The van der Waals surface area contributed by atoms with Gasteiger partial charge >= 0.3 is 0 Å². The first-order valence-electron chi connectivity index (χ1n) is 7.08. The number of methoxy groups -OCH3 is 2. The average Bonchev–Trinajstić information content (AvgIpc) is 2.55. The molecule has 0 radical (unpaired) electrons. The average molecular weight is 319 g/mol. The fourth-order valence-electron chi connectivity index (χ4n) is 2.34. The van der Waals surface area contributed by atoms with Gasteiger partial charge in [0.2, 0.25) is 0 Å². The molecular weight excluding hydrogens is 298 g/mol. The maximum atomic E-state index is 12.9. The molecule has 0 heterocycles. The van der Waals surface area contributed by atoms with Crippen LogP contribution >= 0.6 is 0 Å². The summed E-state index contributed by atoms with van der Waals surface area (Å²) in [7, 11) is 1.97. The molecule has 0 unspecified atom stereocenters. The summed E-state index contributed by atoms with van der Waals surface area (Å²) in [5.74, 6) is 1.37. The van der Waals surface area contributed by atoms with E-state index in [1.54, 1.807) is 26.4 Å². The summed E-state index contributed by atoms with van der Waals surface area (Å²) in [5.41, 5.74) is 7.43. The van der Waals surface area contributed by atoms with E-state index in [-0.39, 0.29) is 5.25 Å². The van der Waals surface area contributed by atoms with E-state index in [1.807, 2.05) is 37.3 Å². The maximum Gasteiger partial charge on any atom is 0.122 e. The van der Waals surface area contributed by atoms with Gasteiger partial charge in [-0.25, -0.2) is 0 Å². The fourth-order valence-corrected chi connectivity index (χ4v) is 3.85. The van der Waals surface area contributed by atoms with E-state index >= 15 is 0 Å². The van der Waals surface area contributed by atoms with E-state index in [0.29, 0.717) is 22.1 Å². The van der Waals surface area contributed by atoms with E-state index in [0.717, 1.165) is 12.0 Å². The van der Waals surface area contributed by atoms with Crippen molar-refractivity contribution in [3.8, 4) is 11.5 Å². The van der Waals surface area contributed by atoms with Crippen molar-refractivity contribution >= 4 is 16.5 Å². The van der Waals surface area contributed by atoms with Crippen molar-refractivity contribution < 1.29 is 13.7 Å². The van der Waals surface area contributed by atoms with Crippen LogP contribution in [0.15, 0.2) is 47.4 Å². The van der Waals surface area contributed by atoms with Crippen LogP contribution in [0, 0.1) is 0 Å². The quantitative estimate of drug-likeness (QED) is 0.827. The van der Waals surface area contributed by atoms with Gasteiger partial charge < -0.3 is 15.2 Å². The monoisotopic (exact) mass is 319 g/mol. The molecule has 0 aliphatic heterocycles. The molecule has 118 valence electrons. The summed E-state index contributed by atoms with van der Waals surface area (Å²) in [6.07, 6.45) is 0.720. The summed E-state index contributed by atoms with van der Waals surface area (Å²) in [5, 5.41) is -0.173. The Kier molecular flexibility index (Phi) is 5.44. The van der Waals surface area contributed by atoms with Gasteiger partial charge in [-0.15, -0.1) is 0 Å². The van der Waals surface area contributed by atoms with Crippen molar-refractivity contribution in [3.05, 3.63) is 48.0 Å². The van der Waals surface area contributed by atoms with E-state index in [2.05, 4.69) is 0 Å². The molecule has 0 saturated heterocycles. The number of nitrogen functional groups attached to an aromatic ring is 1. The Labute approximate surface area is 133 Å². The molecule has 0 bridgehead atoms. The number of hydrogen-bond donors (Lipinski definition) is 1. The highest BCUT2D eigenvalue weighted by molar-refractivity contribution is 7.85. The summed E-state index contributed by atoms with van der Waals surface area (Å²) in [6.45, 7) is 2.01. The largest absolute Gasteiger partial charge is 0.497 e. The Balaban J connectivity index is 2.44. The molecule has 0 amide bonds. The first-order chi connectivity index (χ1) is 10.6. The Hall–Kier alpha value is -2.01. The Morgan fingerprint density at radius 3 is 2.18 bits per heavy atom. The molecule has 2 aromatic rings. The molecule has 0 aliphatic carbocycles.